The van der Waals surface area contributed by atoms with Gasteiger partial charge < -0.3 is 15.8 Å². The molecule has 3 aromatic rings. The molecule has 3 N–H and O–H groups in total. The van der Waals surface area contributed by atoms with Gasteiger partial charge in [-0.25, -0.2) is 4.79 Å². The first-order valence-electron chi connectivity index (χ1n) is 8.72. The molecule has 0 aliphatic heterocycles. The first kappa shape index (κ1) is 20.2. The number of nitrogens with two attached hydrogens (primary N) is 1. The molecule has 0 saturated carbocycles. The number of ether oxygens (including phenoxy) is 1. The molecule has 6 nitrogen and oxygen atoms in total. The summed E-state index contributed by atoms with van der Waals surface area (Å²) >= 11 is 1.52. The number of amides is 2. The molecule has 2 amide bonds. The van der Waals surface area contributed by atoms with E-state index in [-0.39, 0.29) is 11.1 Å². The molecule has 0 aromatic heterocycles. The number of hydrogen-bond acceptors (Lipinski definition) is 5. The van der Waals surface area contributed by atoms with E-state index >= 15 is 0 Å². The highest BCUT2D eigenvalue weighted by Gasteiger charge is 2.13. The highest BCUT2D eigenvalue weighted by atomic mass is 32.2. The fourth-order valence-corrected chi connectivity index (χ4v) is 3.37. The van der Waals surface area contributed by atoms with E-state index in [0.29, 0.717) is 5.69 Å². The van der Waals surface area contributed by atoms with Crippen LogP contribution in [0.3, 0.4) is 0 Å². The summed E-state index contributed by atoms with van der Waals surface area (Å²) in [6, 6.07) is 22.9. The second kappa shape index (κ2) is 9.57. The number of primary amides is 1. The molecule has 0 fully saturated rings. The standard InChI is InChI=1S/C22H18N2O4S/c23-21(26)15-10-12-16(13-11-15)22(27)28-14-20(25)24-18-8-4-5-9-19(18)29-17-6-2-1-3-7-17/h1-13H,14H2,(H2,23,26)(H,24,25). The van der Waals surface area contributed by atoms with Gasteiger partial charge in [0.1, 0.15) is 0 Å². The number of nitrogens with one attached hydrogen (secondary N) is 1. The van der Waals surface area contributed by atoms with Gasteiger partial charge in [0, 0.05) is 15.4 Å². The summed E-state index contributed by atoms with van der Waals surface area (Å²) in [6.07, 6.45) is 0. The average molecular weight is 406 g/mol. The van der Waals surface area contributed by atoms with Crippen LogP contribution < -0.4 is 11.1 Å². The van der Waals surface area contributed by atoms with Crippen LogP contribution in [0.15, 0.2) is 88.7 Å². The zero-order chi connectivity index (χ0) is 20.6. The van der Waals surface area contributed by atoms with Crippen LogP contribution >= 0.6 is 11.8 Å². The summed E-state index contributed by atoms with van der Waals surface area (Å²) in [7, 11) is 0. The monoisotopic (exact) mass is 406 g/mol. The predicted molar refractivity (Wildman–Crippen MR) is 111 cm³/mol. The van der Waals surface area contributed by atoms with Gasteiger partial charge >= 0.3 is 5.97 Å². The maximum Gasteiger partial charge on any atom is 0.338 e. The Morgan fingerprint density at radius 2 is 1.45 bits per heavy atom. The van der Waals surface area contributed by atoms with Crippen LogP contribution in [0, 0.1) is 0 Å². The number of rotatable bonds is 7. The average Bonchev–Trinajstić information content (AvgIpc) is 2.74. The van der Waals surface area contributed by atoms with Crippen LogP contribution in [-0.2, 0) is 9.53 Å². The molecule has 0 unspecified atom stereocenters. The van der Waals surface area contributed by atoms with Crippen molar-refractivity contribution >= 4 is 35.2 Å². The normalized spacial score (nSPS) is 10.2. The van der Waals surface area contributed by atoms with E-state index in [2.05, 4.69) is 5.32 Å². The molecule has 0 bridgehead atoms. The molecule has 0 aliphatic rings. The SMILES string of the molecule is NC(=O)c1ccc(C(=O)OCC(=O)Nc2ccccc2Sc2ccccc2)cc1. The van der Waals surface area contributed by atoms with Gasteiger partial charge in [0.2, 0.25) is 5.91 Å². The van der Waals surface area contributed by atoms with E-state index in [9.17, 15) is 14.4 Å². The number of benzene rings is 3. The van der Waals surface area contributed by atoms with Gasteiger partial charge in [0.25, 0.3) is 5.91 Å². The van der Waals surface area contributed by atoms with E-state index in [4.69, 9.17) is 10.5 Å². The van der Waals surface area contributed by atoms with Crippen LogP contribution in [0.5, 0.6) is 0 Å². The molecular formula is C22H18N2O4S. The molecule has 29 heavy (non-hydrogen) atoms. The minimum atomic E-state index is -0.664. The van der Waals surface area contributed by atoms with Crippen LogP contribution in [0.4, 0.5) is 5.69 Å². The molecule has 0 atom stereocenters. The van der Waals surface area contributed by atoms with E-state index in [0.717, 1.165) is 9.79 Å². The van der Waals surface area contributed by atoms with Crippen molar-refractivity contribution in [3.63, 3.8) is 0 Å². The van der Waals surface area contributed by atoms with Gasteiger partial charge in [0.15, 0.2) is 6.61 Å². The second-order valence-corrected chi connectivity index (χ2v) is 7.09. The molecular weight excluding hydrogens is 388 g/mol. The summed E-state index contributed by atoms with van der Waals surface area (Å²) in [5, 5.41) is 2.76. The van der Waals surface area contributed by atoms with Crippen molar-refractivity contribution < 1.29 is 19.1 Å². The molecule has 3 aromatic carbocycles. The lowest BCUT2D eigenvalue weighted by atomic mass is 10.1. The largest absolute Gasteiger partial charge is 0.452 e. The number of esters is 1. The van der Waals surface area contributed by atoms with Crippen LogP contribution in [0.25, 0.3) is 0 Å². The summed E-state index contributed by atoms with van der Waals surface area (Å²) in [4.78, 5) is 37.3. The van der Waals surface area contributed by atoms with Crippen LogP contribution in [0.2, 0.25) is 0 Å². The molecule has 7 heteroatoms. The third-order valence-corrected chi connectivity index (χ3v) is 4.96. The summed E-state index contributed by atoms with van der Waals surface area (Å²) < 4.78 is 5.05. The van der Waals surface area contributed by atoms with Crippen molar-refractivity contribution in [2.24, 2.45) is 5.73 Å². The molecule has 146 valence electrons. The Labute approximate surface area is 172 Å². The number of para-hydroxylation sites is 1. The highest BCUT2D eigenvalue weighted by Crippen LogP contribution is 2.33. The Kier molecular flexibility index (Phi) is 6.65. The molecule has 0 spiro atoms. The summed E-state index contributed by atoms with van der Waals surface area (Å²) in [6.45, 7) is -0.430. The summed E-state index contributed by atoms with van der Waals surface area (Å²) in [5.74, 6) is -1.70. The maximum atomic E-state index is 12.2. The predicted octanol–water partition coefficient (Wildman–Crippen LogP) is 3.73. The first-order chi connectivity index (χ1) is 14.0. The first-order valence-corrected chi connectivity index (χ1v) is 9.53. The Bertz CT molecular complexity index is 1020. The van der Waals surface area contributed by atoms with Crippen molar-refractivity contribution in [2.75, 3.05) is 11.9 Å². The molecule has 0 saturated heterocycles. The van der Waals surface area contributed by atoms with Crippen LogP contribution in [-0.4, -0.2) is 24.4 Å². The molecule has 0 radical (unpaired) electrons. The lowest BCUT2D eigenvalue weighted by molar-refractivity contribution is -0.119. The third kappa shape index (κ3) is 5.70. The van der Waals surface area contributed by atoms with E-state index in [1.165, 1.54) is 36.0 Å². The van der Waals surface area contributed by atoms with Gasteiger partial charge in [-0.05, 0) is 48.5 Å². The van der Waals surface area contributed by atoms with Crippen molar-refractivity contribution in [3.05, 3.63) is 90.0 Å². The zero-order valence-electron chi connectivity index (χ0n) is 15.3. The smallest absolute Gasteiger partial charge is 0.338 e. The number of carbonyl (C=O) groups excluding carboxylic acids is 3. The molecule has 0 aliphatic carbocycles. The van der Waals surface area contributed by atoms with Gasteiger partial charge in [-0.3, -0.25) is 9.59 Å². The quantitative estimate of drug-likeness (QED) is 0.583. The Hall–Kier alpha value is -3.58. The van der Waals surface area contributed by atoms with Crippen molar-refractivity contribution in [3.8, 4) is 0 Å². The number of carbonyl (C=O) groups is 3. The lowest BCUT2D eigenvalue weighted by Gasteiger charge is -2.11. The second-order valence-electron chi connectivity index (χ2n) is 5.98. The van der Waals surface area contributed by atoms with Crippen molar-refractivity contribution in [1.82, 2.24) is 0 Å². The van der Waals surface area contributed by atoms with Crippen molar-refractivity contribution in [1.29, 1.82) is 0 Å². The third-order valence-electron chi connectivity index (χ3n) is 3.87. The van der Waals surface area contributed by atoms with E-state index in [1.54, 1.807) is 6.07 Å². The molecule has 0 heterocycles. The summed E-state index contributed by atoms with van der Waals surface area (Å²) in [5.41, 5.74) is 6.30. The van der Waals surface area contributed by atoms with Gasteiger partial charge in [-0.1, -0.05) is 42.1 Å². The maximum absolute atomic E-state index is 12.2. The van der Waals surface area contributed by atoms with Crippen LogP contribution in [0.1, 0.15) is 20.7 Å². The molecule has 3 rings (SSSR count). The van der Waals surface area contributed by atoms with E-state index in [1.807, 2.05) is 48.5 Å². The van der Waals surface area contributed by atoms with Gasteiger partial charge in [-0.15, -0.1) is 0 Å². The van der Waals surface area contributed by atoms with E-state index < -0.39 is 24.4 Å². The Balaban J connectivity index is 1.58. The Morgan fingerprint density at radius 3 is 2.14 bits per heavy atom. The lowest BCUT2D eigenvalue weighted by Crippen LogP contribution is -2.21. The van der Waals surface area contributed by atoms with Crippen molar-refractivity contribution in [2.45, 2.75) is 9.79 Å². The minimum absolute atomic E-state index is 0.225. The minimum Gasteiger partial charge on any atom is -0.452 e. The number of anilines is 1. The topological polar surface area (TPSA) is 98.5 Å². The fourth-order valence-electron chi connectivity index (χ4n) is 2.45. The van der Waals surface area contributed by atoms with Gasteiger partial charge in [0.05, 0.1) is 11.3 Å². The fraction of sp³-hybridized carbons (Fsp3) is 0.0455. The highest BCUT2D eigenvalue weighted by molar-refractivity contribution is 7.99. The van der Waals surface area contributed by atoms with Gasteiger partial charge in [-0.2, -0.15) is 0 Å². The Morgan fingerprint density at radius 1 is 0.828 bits per heavy atom. The number of hydrogen-bond donors (Lipinski definition) is 2. The zero-order valence-corrected chi connectivity index (χ0v) is 16.1.